The molecule has 1 unspecified atom stereocenters. The zero-order chi connectivity index (χ0) is 14.7. The summed E-state index contributed by atoms with van der Waals surface area (Å²) in [7, 11) is 0. The van der Waals surface area contributed by atoms with Gasteiger partial charge < -0.3 is 4.74 Å². The van der Waals surface area contributed by atoms with Gasteiger partial charge >= 0.3 is 5.97 Å². The van der Waals surface area contributed by atoms with Crippen LogP contribution in [0.3, 0.4) is 0 Å². The van der Waals surface area contributed by atoms with Crippen molar-refractivity contribution in [2.24, 2.45) is 0 Å². The van der Waals surface area contributed by atoms with Crippen LogP contribution >= 0.6 is 35.0 Å². The molecule has 2 aromatic rings. The molecule has 0 aliphatic carbocycles. The SMILES string of the molecule is CSc1ncn(C(OC(C)=O)c2c(Cl)cccc2Cl)n1. The quantitative estimate of drug-likeness (QED) is 0.634. The fourth-order valence-electron chi connectivity index (χ4n) is 1.61. The number of benzene rings is 1. The molecule has 0 radical (unpaired) electrons. The number of halogens is 2. The van der Waals surface area contributed by atoms with Crippen LogP contribution in [-0.2, 0) is 9.53 Å². The minimum Gasteiger partial charge on any atom is -0.435 e. The van der Waals surface area contributed by atoms with Crippen LogP contribution in [0.25, 0.3) is 0 Å². The van der Waals surface area contributed by atoms with Gasteiger partial charge in [-0.05, 0) is 18.4 Å². The number of thioether (sulfide) groups is 1. The van der Waals surface area contributed by atoms with E-state index in [1.807, 2.05) is 6.26 Å². The van der Waals surface area contributed by atoms with Gasteiger partial charge in [-0.25, -0.2) is 9.67 Å². The molecule has 1 aromatic carbocycles. The Kier molecular flexibility index (Phi) is 4.91. The van der Waals surface area contributed by atoms with Crippen LogP contribution in [-0.4, -0.2) is 27.0 Å². The van der Waals surface area contributed by atoms with E-state index in [9.17, 15) is 4.79 Å². The van der Waals surface area contributed by atoms with E-state index in [-0.39, 0.29) is 0 Å². The van der Waals surface area contributed by atoms with Crippen LogP contribution < -0.4 is 0 Å². The van der Waals surface area contributed by atoms with Crippen LogP contribution in [0.2, 0.25) is 10.0 Å². The van der Waals surface area contributed by atoms with E-state index >= 15 is 0 Å². The third-order valence-electron chi connectivity index (χ3n) is 2.43. The van der Waals surface area contributed by atoms with Crippen LogP contribution in [0.1, 0.15) is 18.7 Å². The smallest absolute Gasteiger partial charge is 0.304 e. The summed E-state index contributed by atoms with van der Waals surface area (Å²) in [5.41, 5.74) is 0.476. The molecule has 1 heterocycles. The summed E-state index contributed by atoms with van der Waals surface area (Å²) in [6, 6.07) is 5.06. The maximum atomic E-state index is 11.3. The maximum Gasteiger partial charge on any atom is 0.304 e. The molecular formula is C12H11Cl2N3O2S. The normalized spacial score (nSPS) is 12.2. The molecule has 0 saturated carbocycles. The molecule has 106 valence electrons. The Morgan fingerprint density at radius 2 is 2.05 bits per heavy atom. The minimum atomic E-state index is -0.845. The lowest BCUT2D eigenvalue weighted by Gasteiger charge is -2.19. The number of hydrogen-bond acceptors (Lipinski definition) is 5. The van der Waals surface area contributed by atoms with Gasteiger partial charge in [0, 0.05) is 6.92 Å². The second kappa shape index (κ2) is 6.47. The largest absolute Gasteiger partial charge is 0.435 e. The molecule has 2 rings (SSSR count). The average Bonchev–Trinajstić information content (AvgIpc) is 2.85. The molecule has 0 N–H and O–H groups in total. The summed E-state index contributed by atoms with van der Waals surface area (Å²) in [5, 5.41) is 5.56. The van der Waals surface area contributed by atoms with E-state index in [4.69, 9.17) is 27.9 Å². The van der Waals surface area contributed by atoms with E-state index in [0.29, 0.717) is 20.8 Å². The van der Waals surface area contributed by atoms with Gasteiger partial charge in [-0.1, -0.05) is 41.0 Å². The van der Waals surface area contributed by atoms with Gasteiger partial charge in [-0.2, -0.15) is 0 Å². The van der Waals surface area contributed by atoms with Crippen molar-refractivity contribution in [3.63, 3.8) is 0 Å². The summed E-state index contributed by atoms with van der Waals surface area (Å²) in [6.07, 6.45) is 2.48. The van der Waals surface area contributed by atoms with Gasteiger partial charge in [0.2, 0.25) is 11.4 Å². The van der Waals surface area contributed by atoms with Crippen molar-refractivity contribution in [1.29, 1.82) is 0 Å². The third kappa shape index (κ3) is 3.26. The van der Waals surface area contributed by atoms with Crippen LogP contribution in [0.4, 0.5) is 0 Å². The molecule has 0 aliphatic heterocycles. The molecule has 0 saturated heterocycles. The van der Waals surface area contributed by atoms with E-state index in [1.165, 1.54) is 29.7 Å². The van der Waals surface area contributed by atoms with Crippen LogP contribution in [0.15, 0.2) is 29.7 Å². The first-order valence-corrected chi connectivity index (χ1v) is 7.57. The Labute approximate surface area is 130 Å². The van der Waals surface area contributed by atoms with Crippen LogP contribution in [0, 0.1) is 0 Å². The molecule has 1 atom stereocenters. The lowest BCUT2D eigenvalue weighted by atomic mass is 10.2. The Morgan fingerprint density at radius 1 is 1.40 bits per heavy atom. The zero-order valence-electron chi connectivity index (χ0n) is 10.7. The number of carbonyl (C=O) groups is 1. The first kappa shape index (κ1) is 15.2. The van der Waals surface area contributed by atoms with Crippen molar-refractivity contribution < 1.29 is 9.53 Å². The molecule has 1 aromatic heterocycles. The van der Waals surface area contributed by atoms with E-state index in [2.05, 4.69) is 10.1 Å². The van der Waals surface area contributed by atoms with Crippen LogP contribution in [0.5, 0.6) is 0 Å². The van der Waals surface area contributed by atoms with Crippen molar-refractivity contribution in [2.75, 3.05) is 6.26 Å². The lowest BCUT2D eigenvalue weighted by Crippen LogP contribution is -2.18. The molecule has 0 fully saturated rings. The average molecular weight is 332 g/mol. The molecule has 0 aliphatic rings. The van der Waals surface area contributed by atoms with E-state index < -0.39 is 12.2 Å². The number of hydrogen-bond donors (Lipinski definition) is 0. The van der Waals surface area contributed by atoms with Gasteiger partial charge in [0.1, 0.15) is 6.33 Å². The second-order valence-corrected chi connectivity index (χ2v) is 5.40. The van der Waals surface area contributed by atoms with E-state index in [0.717, 1.165) is 0 Å². The Morgan fingerprint density at radius 3 is 2.55 bits per heavy atom. The van der Waals surface area contributed by atoms with Crippen molar-refractivity contribution in [1.82, 2.24) is 14.8 Å². The number of ether oxygens (including phenoxy) is 1. The van der Waals surface area contributed by atoms with Gasteiger partial charge in [0.15, 0.2) is 0 Å². The molecule has 0 spiro atoms. The van der Waals surface area contributed by atoms with Gasteiger partial charge in [0.05, 0.1) is 15.6 Å². The monoisotopic (exact) mass is 331 g/mol. The number of aromatic nitrogens is 3. The summed E-state index contributed by atoms with van der Waals surface area (Å²) < 4.78 is 6.70. The highest BCUT2D eigenvalue weighted by atomic mass is 35.5. The predicted octanol–water partition coefficient (Wildman–Crippen LogP) is 3.42. The van der Waals surface area contributed by atoms with Crippen molar-refractivity contribution in [3.8, 4) is 0 Å². The summed E-state index contributed by atoms with van der Waals surface area (Å²) in [5.74, 6) is -0.466. The molecule has 5 nitrogen and oxygen atoms in total. The second-order valence-electron chi connectivity index (χ2n) is 3.81. The number of rotatable bonds is 4. The standard InChI is InChI=1S/C12H11Cl2N3O2S/c1-7(18)19-11(17-6-15-12(16-17)20-2)10-8(13)4-3-5-9(10)14/h3-6,11H,1-2H3. The zero-order valence-corrected chi connectivity index (χ0v) is 13.0. The first-order chi connectivity index (χ1) is 9.52. The Hall–Kier alpha value is -1.24. The minimum absolute atomic E-state index is 0.393. The Balaban J connectivity index is 2.49. The molecule has 0 amide bonds. The molecule has 20 heavy (non-hydrogen) atoms. The highest BCUT2D eigenvalue weighted by Crippen LogP contribution is 2.33. The number of esters is 1. The first-order valence-electron chi connectivity index (χ1n) is 5.59. The van der Waals surface area contributed by atoms with Gasteiger partial charge in [-0.3, -0.25) is 4.79 Å². The third-order valence-corrected chi connectivity index (χ3v) is 3.65. The van der Waals surface area contributed by atoms with Gasteiger partial charge in [0.25, 0.3) is 0 Å². The lowest BCUT2D eigenvalue weighted by molar-refractivity contribution is -0.148. The highest BCUT2D eigenvalue weighted by Gasteiger charge is 2.24. The predicted molar refractivity (Wildman–Crippen MR) is 78.2 cm³/mol. The number of carbonyl (C=O) groups excluding carboxylic acids is 1. The Bertz CT molecular complexity index is 613. The van der Waals surface area contributed by atoms with Crippen molar-refractivity contribution >= 4 is 40.9 Å². The van der Waals surface area contributed by atoms with Crippen molar-refractivity contribution in [2.45, 2.75) is 18.3 Å². The van der Waals surface area contributed by atoms with Crippen molar-refractivity contribution in [3.05, 3.63) is 40.1 Å². The molecule has 0 bridgehead atoms. The topological polar surface area (TPSA) is 57.0 Å². The number of nitrogens with zero attached hydrogens (tertiary/aromatic N) is 3. The van der Waals surface area contributed by atoms with Gasteiger partial charge in [-0.15, -0.1) is 5.10 Å². The summed E-state index contributed by atoms with van der Waals surface area (Å²) >= 11 is 13.7. The highest BCUT2D eigenvalue weighted by molar-refractivity contribution is 7.98. The fraction of sp³-hybridized carbons (Fsp3) is 0.250. The van der Waals surface area contributed by atoms with E-state index in [1.54, 1.807) is 18.2 Å². The summed E-state index contributed by atoms with van der Waals surface area (Å²) in [4.78, 5) is 15.4. The summed E-state index contributed by atoms with van der Waals surface area (Å²) in [6.45, 7) is 1.31. The maximum absolute atomic E-state index is 11.3. The fourth-order valence-corrected chi connectivity index (χ4v) is 2.53. The molecular weight excluding hydrogens is 321 g/mol. The molecule has 8 heteroatoms.